The highest BCUT2D eigenvalue weighted by Gasteiger charge is 2.24. The molecular formula is C41H24N4. The van der Waals surface area contributed by atoms with Crippen molar-refractivity contribution in [1.82, 2.24) is 18.5 Å². The Hall–Kier alpha value is -6.13. The van der Waals surface area contributed by atoms with Crippen LogP contribution in [0, 0.1) is 0 Å². The second-order valence-electron chi connectivity index (χ2n) is 12.0. The molecule has 4 heteroatoms. The van der Waals surface area contributed by atoms with E-state index >= 15 is 0 Å². The van der Waals surface area contributed by atoms with Crippen molar-refractivity contribution in [1.29, 1.82) is 0 Å². The molecule has 0 N–H and O–H groups in total. The van der Waals surface area contributed by atoms with Crippen LogP contribution in [0.4, 0.5) is 0 Å². The number of para-hydroxylation sites is 4. The van der Waals surface area contributed by atoms with E-state index in [2.05, 4.69) is 152 Å². The van der Waals surface area contributed by atoms with Gasteiger partial charge < -0.3 is 13.5 Å². The van der Waals surface area contributed by atoms with Gasteiger partial charge in [0.05, 0.1) is 44.8 Å². The maximum Gasteiger partial charge on any atom is 0.0724 e. The van der Waals surface area contributed by atoms with E-state index in [-0.39, 0.29) is 0 Å². The molecule has 0 aliphatic rings. The SMILES string of the molecule is c1cc(-n2c3ccccc3c3ccncc32)cc(-n2c3ccccc3c3cc4c5ccccc5n5c6ccccc6c(c32)c45)c1. The number of fused-ring (bicyclic) bond motifs is 13. The summed E-state index contributed by atoms with van der Waals surface area (Å²) in [7, 11) is 0. The molecule has 6 aromatic carbocycles. The Kier molecular flexibility index (Phi) is 4.29. The van der Waals surface area contributed by atoms with Gasteiger partial charge in [-0.05, 0) is 54.6 Å². The summed E-state index contributed by atoms with van der Waals surface area (Å²) < 4.78 is 7.30. The van der Waals surface area contributed by atoms with Gasteiger partial charge >= 0.3 is 0 Å². The molecule has 5 heterocycles. The van der Waals surface area contributed by atoms with E-state index in [9.17, 15) is 0 Å². The van der Waals surface area contributed by atoms with E-state index in [1.807, 2.05) is 12.4 Å². The minimum Gasteiger partial charge on any atom is -0.308 e. The molecule has 0 radical (unpaired) electrons. The number of pyridine rings is 1. The number of rotatable bonds is 2. The minimum atomic E-state index is 1.11. The third-order valence-electron chi connectivity index (χ3n) is 9.83. The van der Waals surface area contributed by atoms with Crippen molar-refractivity contribution in [2.24, 2.45) is 0 Å². The van der Waals surface area contributed by atoms with Crippen LogP contribution in [0.5, 0.6) is 0 Å². The van der Waals surface area contributed by atoms with Gasteiger partial charge in [-0.25, -0.2) is 0 Å². The molecule has 0 atom stereocenters. The molecule has 0 aliphatic heterocycles. The number of aromatic nitrogens is 4. The van der Waals surface area contributed by atoms with Crippen molar-refractivity contribution in [2.45, 2.75) is 0 Å². The van der Waals surface area contributed by atoms with E-state index in [0.29, 0.717) is 0 Å². The largest absolute Gasteiger partial charge is 0.308 e. The van der Waals surface area contributed by atoms with Crippen LogP contribution in [-0.4, -0.2) is 18.5 Å². The maximum atomic E-state index is 4.52. The summed E-state index contributed by atoms with van der Waals surface area (Å²) in [5.74, 6) is 0. The highest BCUT2D eigenvalue weighted by Crippen LogP contribution is 2.46. The highest BCUT2D eigenvalue weighted by atomic mass is 15.0. The molecule has 4 nitrogen and oxygen atoms in total. The van der Waals surface area contributed by atoms with Crippen LogP contribution in [0.1, 0.15) is 0 Å². The average molecular weight is 573 g/mol. The lowest BCUT2D eigenvalue weighted by Crippen LogP contribution is -1.99. The van der Waals surface area contributed by atoms with E-state index in [1.54, 1.807) is 0 Å². The molecule has 0 spiro atoms. The first-order chi connectivity index (χ1) is 22.4. The van der Waals surface area contributed by atoms with Gasteiger partial charge in [0.1, 0.15) is 0 Å². The Morgan fingerprint density at radius 3 is 1.67 bits per heavy atom. The highest BCUT2D eigenvalue weighted by molar-refractivity contribution is 6.34. The molecule has 0 unspecified atom stereocenters. The van der Waals surface area contributed by atoms with Crippen LogP contribution in [0.25, 0.3) is 93.1 Å². The second-order valence-corrected chi connectivity index (χ2v) is 12.0. The topological polar surface area (TPSA) is 27.2 Å². The summed E-state index contributed by atoms with van der Waals surface area (Å²) in [5.41, 5.74) is 10.8. The van der Waals surface area contributed by atoms with Crippen molar-refractivity contribution in [3.63, 3.8) is 0 Å². The Labute approximate surface area is 256 Å². The fourth-order valence-corrected chi connectivity index (χ4v) is 8.09. The monoisotopic (exact) mass is 572 g/mol. The van der Waals surface area contributed by atoms with Crippen LogP contribution < -0.4 is 0 Å². The normalized spacial score (nSPS) is 12.4. The average Bonchev–Trinajstić information content (AvgIpc) is 3.82. The van der Waals surface area contributed by atoms with Gasteiger partial charge in [0.2, 0.25) is 0 Å². The van der Waals surface area contributed by atoms with Gasteiger partial charge in [-0.15, -0.1) is 0 Å². The summed E-state index contributed by atoms with van der Waals surface area (Å²) in [5, 5.41) is 10.2. The predicted molar refractivity (Wildman–Crippen MR) is 188 cm³/mol. The summed E-state index contributed by atoms with van der Waals surface area (Å²) >= 11 is 0. The first kappa shape index (κ1) is 23.3. The molecule has 0 saturated carbocycles. The zero-order chi connectivity index (χ0) is 29.2. The van der Waals surface area contributed by atoms with E-state index in [0.717, 1.165) is 16.9 Å². The molecule has 5 aromatic heterocycles. The van der Waals surface area contributed by atoms with E-state index in [4.69, 9.17) is 0 Å². The van der Waals surface area contributed by atoms with Crippen molar-refractivity contribution < 1.29 is 0 Å². The zero-order valence-electron chi connectivity index (χ0n) is 24.1. The second kappa shape index (κ2) is 8.28. The van der Waals surface area contributed by atoms with Crippen molar-refractivity contribution in [3.8, 4) is 11.4 Å². The molecule has 11 aromatic rings. The summed E-state index contributed by atoms with van der Waals surface area (Å²) in [6, 6.07) is 48.7. The van der Waals surface area contributed by atoms with E-state index < -0.39 is 0 Å². The van der Waals surface area contributed by atoms with Crippen molar-refractivity contribution >= 4 is 81.7 Å². The van der Waals surface area contributed by atoms with Gasteiger partial charge in [0.25, 0.3) is 0 Å². The number of benzene rings is 6. The van der Waals surface area contributed by atoms with Crippen molar-refractivity contribution in [2.75, 3.05) is 0 Å². The third kappa shape index (κ3) is 2.84. The number of hydrogen-bond donors (Lipinski definition) is 0. The zero-order valence-corrected chi connectivity index (χ0v) is 24.1. The molecular weight excluding hydrogens is 548 g/mol. The fraction of sp³-hybridized carbons (Fsp3) is 0. The Balaban J connectivity index is 1.32. The van der Waals surface area contributed by atoms with Gasteiger partial charge in [-0.1, -0.05) is 78.9 Å². The Morgan fingerprint density at radius 2 is 0.911 bits per heavy atom. The van der Waals surface area contributed by atoms with E-state index in [1.165, 1.54) is 76.2 Å². The lowest BCUT2D eigenvalue weighted by molar-refractivity contribution is 1.13. The Morgan fingerprint density at radius 1 is 0.378 bits per heavy atom. The van der Waals surface area contributed by atoms with Gasteiger partial charge in [0, 0.05) is 60.7 Å². The maximum absolute atomic E-state index is 4.52. The number of hydrogen-bond acceptors (Lipinski definition) is 1. The van der Waals surface area contributed by atoms with Crippen LogP contribution in [0.15, 0.2) is 146 Å². The first-order valence-corrected chi connectivity index (χ1v) is 15.4. The summed E-state index contributed by atoms with van der Waals surface area (Å²) in [6.45, 7) is 0. The van der Waals surface area contributed by atoms with Gasteiger partial charge in [-0.2, -0.15) is 0 Å². The molecule has 0 aliphatic carbocycles. The molecule has 0 bridgehead atoms. The van der Waals surface area contributed by atoms with Crippen LogP contribution in [-0.2, 0) is 0 Å². The smallest absolute Gasteiger partial charge is 0.0724 e. The third-order valence-corrected chi connectivity index (χ3v) is 9.83. The van der Waals surface area contributed by atoms with Crippen LogP contribution >= 0.6 is 0 Å². The molecule has 0 fully saturated rings. The lowest BCUT2D eigenvalue weighted by atomic mass is 10.0. The standard InChI is InChI=1S/C41H24N4/c1-5-16-34-27(12-1)30-20-21-42-24-38(30)43(34)25-10-9-11-26(22-25)44-35-17-6-2-13-28(35)32-23-33-29-14-3-7-18-36(29)45-37-19-8-4-15-31(37)39(40(32)44)41(33)45/h1-24H. The quantitative estimate of drug-likeness (QED) is 0.202. The van der Waals surface area contributed by atoms with Gasteiger partial charge in [-0.3, -0.25) is 4.98 Å². The minimum absolute atomic E-state index is 1.11. The molecule has 45 heavy (non-hydrogen) atoms. The van der Waals surface area contributed by atoms with Crippen molar-refractivity contribution in [3.05, 3.63) is 146 Å². The van der Waals surface area contributed by atoms with Gasteiger partial charge in [0.15, 0.2) is 0 Å². The number of nitrogens with zero attached hydrogens (tertiary/aromatic N) is 4. The molecule has 11 rings (SSSR count). The lowest BCUT2D eigenvalue weighted by Gasteiger charge is -2.13. The molecule has 0 amide bonds. The molecule has 0 saturated heterocycles. The predicted octanol–water partition coefficient (Wildman–Crippen LogP) is 10.4. The summed E-state index contributed by atoms with van der Waals surface area (Å²) in [6.07, 6.45) is 3.87. The summed E-state index contributed by atoms with van der Waals surface area (Å²) in [4.78, 5) is 4.52. The Bertz CT molecular complexity index is 2940. The van der Waals surface area contributed by atoms with Crippen LogP contribution in [0.3, 0.4) is 0 Å². The van der Waals surface area contributed by atoms with Crippen LogP contribution in [0.2, 0.25) is 0 Å². The molecule has 208 valence electrons. The first-order valence-electron chi connectivity index (χ1n) is 15.4. The fourth-order valence-electron chi connectivity index (χ4n) is 8.09.